The number of hydrogen-bond donors (Lipinski definition) is 1. The minimum Gasteiger partial charge on any atom is -0.507 e. The second-order valence-electron chi connectivity index (χ2n) is 6.58. The molecule has 142 valence electrons. The van der Waals surface area contributed by atoms with Crippen LogP contribution in [0, 0.1) is 19.7 Å². The number of carbonyl (C=O) groups is 2. The number of phenolic OH excluding ortho intramolecular Hbond substituents is 1. The summed E-state index contributed by atoms with van der Waals surface area (Å²) in [4.78, 5) is 37.7. The van der Waals surface area contributed by atoms with Gasteiger partial charge in [0.25, 0.3) is 5.56 Å². The maximum absolute atomic E-state index is 13.6. The molecular weight excluding hydrogens is 361 g/mol. The summed E-state index contributed by atoms with van der Waals surface area (Å²) in [6.07, 6.45) is 1.31. The summed E-state index contributed by atoms with van der Waals surface area (Å²) in [6.45, 7) is 4.95. The second-order valence-corrected chi connectivity index (χ2v) is 6.58. The summed E-state index contributed by atoms with van der Waals surface area (Å²) in [5.74, 6) is -2.27. The minimum absolute atomic E-state index is 0.00777. The third-order valence-corrected chi connectivity index (χ3v) is 4.70. The van der Waals surface area contributed by atoms with E-state index in [1.807, 2.05) is 19.9 Å². The number of rotatable bonds is 4. The minimum atomic E-state index is -0.696. The summed E-state index contributed by atoms with van der Waals surface area (Å²) >= 11 is 0. The van der Waals surface area contributed by atoms with Gasteiger partial charge in [0.2, 0.25) is 0 Å². The van der Waals surface area contributed by atoms with E-state index in [1.165, 1.54) is 23.8 Å². The predicted octanol–water partition coefficient (Wildman–Crippen LogP) is 3.73. The van der Waals surface area contributed by atoms with Crippen LogP contribution in [0.1, 0.15) is 44.3 Å². The van der Waals surface area contributed by atoms with E-state index >= 15 is 0 Å². The summed E-state index contributed by atoms with van der Waals surface area (Å²) in [6, 6.07) is 9.57. The third-order valence-electron chi connectivity index (χ3n) is 4.70. The highest BCUT2D eigenvalue weighted by Gasteiger charge is 2.20. The van der Waals surface area contributed by atoms with Gasteiger partial charge >= 0.3 is 0 Å². The zero-order chi connectivity index (χ0) is 20.6. The molecule has 1 heterocycles. The number of hydrogen-bond acceptors (Lipinski definition) is 4. The van der Waals surface area contributed by atoms with E-state index in [9.17, 15) is 23.9 Å². The second kappa shape index (κ2) is 7.23. The molecule has 0 saturated carbocycles. The van der Waals surface area contributed by atoms with Crippen LogP contribution in [0.15, 0.2) is 53.5 Å². The van der Waals surface area contributed by atoms with Crippen LogP contribution in [-0.4, -0.2) is 21.2 Å². The van der Waals surface area contributed by atoms with Crippen LogP contribution in [0.5, 0.6) is 5.75 Å². The SMILES string of the molecule is CC(=O)c1cc(C(=O)c2cc(F)ccc2O)cn(-c2cccc(C)c2C)c1=O. The van der Waals surface area contributed by atoms with Crippen molar-refractivity contribution in [2.24, 2.45) is 0 Å². The summed E-state index contributed by atoms with van der Waals surface area (Å²) in [5.41, 5.74) is 1.31. The fourth-order valence-electron chi connectivity index (χ4n) is 2.98. The van der Waals surface area contributed by atoms with Gasteiger partial charge in [-0.1, -0.05) is 12.1 Å². The van der Waals surface area contributed by atoms with Gasteiger partial charge in [-0.15, -0.1) is 0 Å². The number of ketones is 2. The van der Waals surface area contributed by atoms with E-state index in [4.69, 9.17) is 0 Å². The first-order valence-corrected chi connectivity index (χ1v) is 8.58. The highest BCUT2D eigenvalue weighted by atomic mass is 19.1. The molecule has 3 rings (SSSR count). The molecule has 3 aromatic rings. The molecule has 5 nitrogen and oxygen atoms in total. The van der Waals surface area contributed by atoms with Crippen LogP contribution >= 0.6 is 0 Å². The summed E-state index contributed by atoms with van der Waals surface area (Å²) in [5, 5.41) is 9.94. The smallest absolute Gasteiger partial charge is 0.265 e. The Morgan fingerprint density at radius 3 is 2.43 bits per heavy atom. The number of benzene rings is 2. The van der Waals surface area contributed by atoms with Gasteiger partial charge in [0.1, 0.15) is 11.6 Å². The first-order chi connectivity index (χ1) is 13.2. The molecule has 0 aliphatic rings. The molecule has 28 heavy (non-hydrogen) atoms. The molecule has 0 aliphatic carbocycles. The molecule has 0 unspecified atom stereocenters. The van der Waals surface area contributed by atoms with Crippen molar-refractivity contribution >= 4 is 11.6 Å². The lowest BCUT2D eigenvalue weighted by atomic mass is 10.0. The molecule has 0 aliphatic heterocycles. The van der Waals surface area contributed by atoms with Gasteiger partial charge < -0.3 is 5.11 Å². The van der Waals surface area contributed by atoms with Gasteiger partial charge in [-0.05, 0) is 62.2 Å². The molecule has 6 heteroatoms. The van der Waals surface area contributed by atoms with Crippen molar-refractivity contribution in [1.82, 2.24) is 4.57 Å². The average molecular weight is 379 g/mol. The van der Waals surface area contributed by atoms with Gasteiger partial charge in [0.15, 0.2) is 11.6 Å². The lowest BCUT2D eigenvalue weighted by molar-refractivity contribution is 0.101. The van der Waals surface area contributed by atoms with Gasteiger partial charge in [-0.25, -0.2) is 4.39 Å². The average Bonchev–Trinajstić information content (AvgIpc) is 2.65. The molecule has 0 atom stereocenters. The first-order valence-electron chi connectivity index (χ1n) is 8.58. The molecule has 1 N–H and O–H groups in total. The van der Waals surface area contributed by atoms with E-state index in [1.54, 1.807) is 12.1 Å². The van der Waals surface area contributed by atoms with E-state index in [2.05, 4.69) is 0 Å². The van der Waals surface area contributed by atoms with Gasteiger partial charge in [-0.2, -0.15) is 0 Å². The van der Waals surface area contributed by atoms with Crippen LogP contribution in [0.4, 0.5) is 4.39 Å². The predicted molar refractivity (Wildman–Crippen MR) is 103 cm³/mol. The van der Waals surface area contributed by atoms with Gasteiger partial charge in [0, 0.05) is 11.8 Å². The Balaban J connectivity index is 2.29. The molecular formula is C22H18FNO4. The molecule has 0 amide bonds. The number of carbonyl (C=O) groups excluding carboxylic acids is 2. The third kappa shape index (κ3) is 3.36. The monoisotopic (exact) mass is 379 g/mol. The Bertz CT molecular complexity index is 1180. The van der Waals surface area contributed by atoms with Crippen molar-refractivity contribution in [1.29, 1.82) is 0 Å². The lowest BCUT2D eigenvalue weighted by Crippen LogP contribution is -2.26. The Morgan fingerprint density at radius 1 is 1.04 bits per heavy atom. The molecule has 0 bridgehead atoms. The van der Waals surface area contributed by atoms with E-state index < -0.39 is 22.9 Å². The van der Waals surface area contributed by atoms with E-state index in [-0.39, 0.29) is 22.4 Å². The van der Waals surface area contributed by atoms with Crippen LogP contribution in [0.25, 0.3) is 5.69 Å². The maximum Gasteiger partial charge on any atom is 0.265 e. The fourth-order valence-corrected chi connectivity index (χ4v) is 2.98. The number of aromatic nitrogens is 1. The molecule has 0 radical (unpaired) electrons. The molecule has 2 aromatic carbocycles. The van der Waals surface area contributed by atoms with E-state index in [0.29, 0.717) is 5.69 Å². The lowest BCUT2D eigenvalue weighted by Gasteiger charge is -2.14. The van der Waals surface area contributed by atoms with Crippen molar-refractivity contribution in [2.75, 3.05) is 0 Å². The number of aryl methyl sites for hydroxylation is 1. The van der Waals surface area contributed by atoms with Gasteiger partial charge in [0.05, 0.1) is 16.8 Å². The van der Waals surface area contributed by atoms with E-state index in [0.717, 1.165) is 29.3 Å². The van der Waals surface area contributed by atoms with Crippen molar-refractivity contribution < 1.29 is 19.1 Å². The summed E-state index contributed by atoms with van der Waals surface area (Å²) in [7, 11) is 0. The molecule has 0 spiro atoms. The fraction of sp³-hybridized carbons (Fsp3) is 0.136. The van der Waals surface area contributed by atoms with Crippen LogP contribution in [0.2, 0.25) is 0 Å². The van der Waals surface area contributed by atoms with Gasteiger partial charge in [-0.3, -0.25) is 19.0 Å². The molecule has 1 aromatic heterocycles. The molecule has 0 saturated heterocycles. The quantitative estimate of drug-likeness (QED) is 0.701. The molecule has 0 fully saturated rings. The number of pyridine rings is 1. The number of Topliss-reactive ketones (excluding diaryl/α,β-unsaturated/α-hetero) is 1. The zero-order valence-electron chi connectivity index (χ0n) is 15.6. The van der Waals surface area contributed by atoms with Crippen LogP contribution < -0.4 is 5.56 Å². The van der Waals surface area contributed by atoms with Crippen LogP contribution in [0.3, 0.4) is 0 Å². The Morgan fingerprint density at radius 2 is 1.75 bits per heavy atom. The number of nitrogens with zero attached hydrogens (tertiary/aromatic N) is 1. The van der Waals surface area contributed by atoms with Crippen molar-refractivity contribution in [3.63, 3.8) is 0 Å². The zero-order valence-corrected chi connectivity index (χ0v) is 15.6. The largest absolute Gasteiger partial charge is 0.507 e. The maximum atomic E-state index is 13.6. The highest BCUT2D eigenvalue weighted by molar-refractivity contribution is 6.11. The standard InChI is InChI=1S/C22H18FNO4/c1-12-5-4-6-19(13(12)2)24-11-15(9-17(14(3)25)22(24)28)21(27)18-10-16(23)7-8-20(18)26/h4-11,26H,1-3H3. The summed E-state index contributed by atoms with van der Waals surface area (Å²) < 4.78 is 14.8. The van der Waals surface area contributed by atoms with Crippen molar-refractivity contribution in [2.45, 2.75) is 20.8 Å². The number of halogens is 1. The Kier molecular flexibility index (Phi) is 4.96. The topological polar surface area (TPSA) is 76.4 Å². The van der Waals surface area contributed by atoms with Crippen molar-refractivity contribution in [3.05, 3.63) is 92.6 Å². The Labute approximate surface area is 160 Å². The number of aromatic hydroxyl groups is 1. The normalized spacial score (nSPS) is 10.7. The van der Waals surface area contributed by atoms with Crippen LogP contribution in [-0.2, 0) is 0 Å². The first kappa shape index (κ1) is 19.2. The number of phenols is 1. The Hall–Kier alpha value is -3.54. The van der Waals surface area contributed by atoms with Crippen molar-refractivity contribution in [3.8, 4) is 11.4 Å². The highest BCUT2D eigenvalue weighted by Crippen LogP contribution is 2.23.